The molecule has 0 aromatic heterocycles. The first-order chi connectivity index (χ1) is 34.0. The van der Waals surface area contributed by atoms with Crippen molar-refractivity contribution in [2.75, 3.05) is 52.3 Å². The second kappa shape index (κ2) is 27.6. The molecule has 3 aromatic rings. The number of amides is 4. The van der Waals surface area contributed by atoms with Crippen LogP contribution in [0.5, 0.6) is 11.5 Å². The van der Waals surface area contributed by atoms with E-state index in [1.807, 2.05) is 94.4 Å². The minimum absolute atomic E-state index is 0.0164. The summed E-state index contributed by atoms with van der Waals surface area (Å²) in [4.78, 5) is 82.6. The van der Waals surface area contributed by atoms with Crippen molar-refractivity contribution in [3.8, 4) is 23.8 Å². The number of hydrogen-bond donors (Lipinski definition) is 4. The molecule has 4 amide bonds. The van der Waals surface area contributed by atoms with Crippen LogP contribution >= 0.6 is 0 Å². The lowest BCUT2D eigenvalue weighted by atomic mass is 9.93. The molecule has 0 aliphatic carbocycles. The van der Waals surface area contributed by atoms with Gasteiger partial charge in [-0.15, -0.1) is 6.42 Å². The molecule has 392 valence electrons. The summed E-state index contributed by atoms with van der Waals surface area (Å²) in [5.74, 6) is 0.255. The molecule has 0 saturated carbocycles. The maximum Gasteiger partial charge on any atom is 0.308 e. The van der Waals surface area contributed by atoms with E-state index in [4.69, 9.17) is 38.3 Å². The number of ether oxygens (including phenoxy) is 4. The number of ketones is 1. The Kier molecular flexibility index (Phi) is 22.4. The second-order valence-corrected chi connectivity index (χ2v) is 20.9. The number of epoxide rings is 1. The van der Waals surface area contributed by atoms with Crippen LogP contribution in [0.2, 0.25) is 0 Å². The summed E-state index contributed by atoms with van der Waals surface area (Å²) in [5.41, 5.74) is 1.61. The van der Waals surface area contributed by atoms with E-state index in [1.54, 1.807) is 19.1 Å². The number of carbonyl (C=O) groups excluding carboxylic acids is 6. The average Bonchev–Trinajstić information content (AvgIpc) is 4.07. The molecule has 5 atom stereocenters. The van der Waals surface area contributed by atoms with Gasteiger partial charge in [-0.2, -0.15) is 0 Å². The quantitative estimate of drug-likeness (QED) is 0.0238. The van der Waals surface area contributed by atoms with Crippen molar-refractivity contribution in [1.82, 2.24) is 21.3 Å². The smallest absolute Gasteiger partial charge is 0.308 e. The molecule has 72 heavy (non-hydrogen) atoms. The van der Waals surface area contributed by atoms with Crippen molar-refractivity contribution < 1.29 is 65.2 Å². The minimum atomic E-state index is -3.92. The fourth-order valence-corrected chi connectivity index (χ4v) is 8.28. The number of terminal acetylenes is 1. The van der Waals surface area contributed by atoms with E-state index in [-0.39, 0.29) is 68.3 Å². The Balaban J connectivity index is 0.00000214. The van der Waals surface area contributed by atoms with E-state index in [9.17, 15) is 28.8 Å². The fourth-order valence-electron chi connectivity index (χ4n) is 8.28. The highest BCUT2D eigenvalue weighted by molar-refractivity contribution is 7.84. The zero-order valence-corrected chi connectivity index (χ0v) is 43.2. The maximum atomic E-state index is 14.5. The number of nitrogens with zero attached hydrogens (tertiary/aromatic N) is 1. The van der Waals surface area contributed by atoms with Crippen molar-refractivity contribution in [3.63, 3.8) is 0 Å². The van der Waals surface area contributed by atoms with E-state index in [1.165, 1.54) is 6.92 Å². The molecule has 2 saturated heterocycles. The second-order valence-electron chi connectivity index (χ2n) is 19.4. The van der Waals surface area contributed by atoms with Gasteiger partial charge >= 0.3 is 5.97 Å². The summed E-state index contributed by atoms with van der Waals surface area (Å²) < 4.78 is 49.8. The molecule has 2 aliphatic heterocycles. The lowest BCUT2D eigenvalue weighted by Gasteiger charge is -2.41. The fraction of sp³-hybridized carbons (Fsp3) is 0.509. The van der Waals surface area contributed by atoms with Crippen molar-refractivity contribution >= 4 is 45.5 Å². The number of hydrogen-bond acceptors (Lipinski definition) is 13. The number of esters is 1. The maximum absolute atomic E-state index is 14.5. The first-order valence-corrected chi connectivity index (χ1v) is 26.0. The monoisotopic (exact) mass is 1020 g/mol. The van der Waals surface area contributed by atoms with Crippen LogP contribution in [-0.4, -0.2) is 135 Å². The molecule has 2 heterocycles. The zero-order valence-electron chi connectivity index (χ0n) is 42.4. The average molecular weight is 1020 g/mol. The molecule has 3 aromatic carbocycles. The van der Waals surface area contributed by atoms with Crippen LogP contribution < -0.4 is 30.7 Å². The standard InChI is InChI=1S/C52H67N5O10.CH4O3S/c1-8-25-65-46-31-40(20-22-45(46)67-37(6)58)32-57(23-26-64-27-24-57)33-47(59)53-41(21-19-38-15-11-9-12-16-38)49(61)55-43(29-36(4)5)50(62)56-44(30-39-17-13-10-14-18-39)51(63)54-42(28-35(2)3)48(60)52(7)34-66-52;1-5(2,3)4/h1,9-18,20,22,31,35-36,41-44H,19,21,23-30,32-34H2,2-7H3,(H3-,53,54,55,56,59,61,62,63);1H3,(H,2,3,4)/t41?,42?,43?,44?,52-;/m1./s1. The van der Waals surface area contributed by atoms with E-state index in [2.05, 4.69) is 27.2 Å². The molecule has 19 heteroatoms. The Morgan fingerprint density at radius 1 is 0.764 bits per heavy atom. The highest BCUT2D eigenvalue weighted by atomic mass is 32.2. The van der Waals surface area contributed by atoms with Crippen molar-refractivity contribution in [1.29, 1.82) is 0 Å². The number of nitrogens with one attached hydrogen (secondary N) is 4. The van der Waals surface area contributed by atoms with Crippen LogP contribution in [0.3, 0.4) is 0 Å². The summed E-state index contributed by atoms with van der Waals surface area (Å²) >= 11 is 0. The van der Waals surface area contributed by atoms with Gasteiger partial charge in [0.2, 0.25) is 17.7 Å². The zero-order chi connectivity index (χ0) is 53.1. The first kappa shape index (κ1) is 58.4. The Morgan fingerprint density at radius 2 is 1.29 bits per heavy atom. The molecular weight excluding hydrogens is 947 g/mol. The summed E-state index contributed by atoms with van der Waals surface area (Å²) in [6.07, 6.45) is 7.52. The Bertz CT molecular complexity index is 2440. The van der Waals surface area contributed by atoms with Gasteiger partial charge in [-0.1, -0.05) is 94.3 Å². The predicted molar refractivity (Wildman–Crippen MR) is 268 cm³/mol. The number of Topliss-reactive ketones (excluding diaryl/α,β-unsaturated/α-hetero) is 1. The number of quaternary nitrogens is 1. The van der Waals surface area contributed by atoms with Gasteiger partial charge in [0, 0.05) is 25.2 Å². The lowest BCUT2D eigenvalue weighted by Crippen LogP contribution is -2.61. The molecule has 0 radical (unpaired) electrons. The van der Waals surface area contributed by atoms with Gasteiger partial charge in [-0.05, 0) is 73.8 Å². The summed E-state index contributed by atoms with van der Waals surface area (Å²) in [5, 5.41) is 11.8. The first-order valence-electron chi connectivity index (χ1n) is 24.2. The summed E-state index contributed by atoms with van der Waals surface area (Å²) in [7, 11) is -3.92. The number of benzene rings is 3. The van der Waals surface area contributed by atoms with Gasteiger partial charge in [0.1, 0.15) is 50.0 Å². The highest BCUT2D eigenvalue weighted by Gasteiger charge is 2.50. The van der Waals surface area contributed by atoms with Crippen molar-refractivity contribution in [3.05, 3.63) is 95.6 Å². The summed E-state index contributed by atoms with van der Waals surface area (Å²) in [6.45, 7) is 13.3. The van der Waals surface area contributed by atoms with Gasteiger partial charge in [0.15, 0.2) is 23.8 Å². The minimum Gasteiger partial charge on any atom is -0.748 e. The van der Waals surface area contributed by atoms with Crippen LogP contribution in [0, 0.1) is 24.2 Å². The number of morpholine rings is 1. The molecule has 5 rings (SSSR count). The molecule has 0 spiro atoms. The van der Waals surface area contributed by atoms with Gasteiger partial charge < -0.3 is 49.3 Å². The molecule has 2 fully saturated rings. The Morgan fingerprint density at radius 3 is 1.85 bits per heavy atom. The molecule has 18 nitrogen and oxygen atoms in total. The van der Waals surface area contributed by atoms with Crippen LogP contribution in [0.25, 0.3) is 0 Å². The Labute approximate surface area is 424 Å². The number of rotatable bonds is 25. The van der Waals surface area contributed by atoms with E-state index >= 15 is 0 Å². The molecule has 4 unspecified atom stereocenters. The third-order valence-corrected chi connectivity index (χ3v) is 11.9. The van der Waals surface area contributed by atoms with Crippen LogP contribution in [0.4, 0.5) is 0 Å². The normalized spacial score (nSPS) is 17.6. The van der Waals surface area contributed by atoms with Crippen LogP contribution in [-0.2, 0) is 67.7 Å². The SMILES string of the molecule is C#CCOc1cc(C[N+]2(CC(=O)NC(CCc3ccccc3)C(=O)NC(CC(C)C)C(=O)NC(Cc3ccccc3)C(=O)NC(CC(C)C)C(=O)[C@@]3(C)CO3)CCOCC2)ccc1OC(C)=O.CS(=O)(=O)[O-]. The van der Waals surface area contributed by atoms with Crippen LogP contribution in [0.1, 0.15) is 77.5 Å². The summed E-state index contributed by atoms with van der Waals surface area (Å²) in [6, 6.07) is 20.0. The molecular formula is C53H71N5O13S. The van der Waals surface area contributed by atoms with E-state index in [0.717, 1.165) is 16.7 Å². The third-order valence-electron chi connectivity index (χ3n) is 11.9. The molecule has 0 bridgehead atoms. The highest BCUT2D eigenvalue weighted by Crippen LogP contribution is 2.31. The van der Waals surface area contributed by atoms with Gasteiger partial charge in [-0.3, -0.25) is 28.8 Å². The molecule has 2 aliphatic rings. The van der Waals surface area contributed by atoms with Crippen molar-refractivity contribution in [2.24, 2.45) is 11.8 Å². The Hall–Kier alpha value is -6.17. The van der Waals surface area contributed by atoms with Crippen molar-refractivity contribution in [2.45, 2.75) is 110 Å². The lowest BCUT2D eigenvalue weighted by molar-refractivity contribution is -0.940. The van der Waals surface area contributed by atoms with Gasteiger partial charge in [-0.25, -0.2) is 8.42 Å². The third kappa shape index (κ3) is 20.5. The van der Waals surface area contributed by atoms with E-state index < -0.39 is 63.6 Å². The van der Waals surface area contributed by atoms with Gasteiger partial charge in [0.05, 0.1) is 36.0 Å². The topological polar surface area (TPSA) is 248 Å². The predicted octanol–water partition coefficient (Wildman–Crippen LogP) is 3.40. The van der Waals surface area contributed by atoms with E-state index in [0.29, 0.717) is 62.2 Å². The largest absolute Gasteiger partial charge is 0.748 e. The van der Waals surface area contributed by atoms with Gasteiger partial charge in [0.25, 0.3) is 5.91 Å². The number of aryl methyl sites for hydroxylation is 1. The van der Waals surface area contributed by atoms with Crippen LogP contribution in [0.15, 0.2) is 78.9 Å². The molecule has 4 N–H and O–H groups in total. The number of carbonyl (C=O) groups is 6.